The maximum atomic E-state index is 13.3. The molecule has 2 amide bonds. The van der Waals surface area contributed by atoms with Crippen LogP contribution >= 0.6 is 11.3 Å². The van der Waals surface area contributed by atoms with Crippen LogP contribution in [-0.2, 0) is 6.18 Å². The van der Waals surface area contributed by atoms with E-state index in [-0.39, 0.29) is 23.1 Å². The van der Waals surface area contributed by atoms with Gasteiger partial charge in [0.05, 0.1) is 21.9 Å². The molecule has 0 saturated heterocycles. The van der Waals surface area contributed by atoms with Gasteiger partial charge >= 0.3 is 12.2 Å². The zero-order valence-corrected chi connectivity index (χ0v) is 18.5. The number of carbonyl (C=O) groups excluding carboxylic acids is 1. The van der Waals surface area contributed by atoms with Gasteiger partial charge < -0.3 is 10.2 Å². The number of nitrogens with one attached hydrogen (secondary N) is 1. The number of nitro groups is 1. The maximum absolute atomic E-state index is 13.3. The Labute approximate surface area is 191 Å². The normalized spacial score (nSPS) is 11.5. The maximum Gasteiger partial charge on any atom is 0.416 e. The monoisotopic (exact) mass is 479 g/mol. The number of rotatable bonds is 7. The van der Waals surface area contributed by atoms with Crippen LogP contribution in [0.2, 0.25) is 0 Å². The summed E-state index contributed by atoms with van der Waals surface area (Å²) >= 11 is 1.04. The summed E-state index contributed by atoms with van der Waals surface area (Å²) in [5.41, 5.74) is -0.229. The molecule has 0 aliphatic carbocycles. The Morgan fingerprint density at radius 2 is 1.91 bits per heavy atom. The molecule has 1 N–H and O–H groups in total. The number of non-ortho nitro benzene ring substituents is 1. The Hall–Kier alpha value is -3.51. The van der Waals surface area contributed by atoms with Crippen LogP contribution in [0.5, 0.6) is 0 Å². The molecular weight excluding hydrogens is 459 g/mol. The molecule has 3 rings (SSSR count). The molecule has 0 fully saturated rings. The third kappa shape index (κ3) is 6.05. The van der Waals surface area contributed by atoms with Crippen LogP contribution in [-0.4, -0.2) is 48.0 Å². The number of aromatic nitrogens is 1. The molecule has 33 heavy (non-hydrogen) atoms. The number of urea groups is 1. The van der Waals surface area contributed by atoms with Crippen molar-refractivity contribution >= 4 is 33.9 Å². The van der Waals surface area contributed by atoms with Crippen LogP contribution in [0.15, 0.2) is 53.9 Å². The molecule has 2 aromatic carbocycles. The fourth-order valence-corrected chi connectivity index (χ4v) is 3.73. The molecule has 0 spiro atoms. The van der Waals surface area contributed by atoms with E-state index in [1.54, 1.807) is 11.4 Å². The molecule has 3 aromatic rings. The molecule has 0 saturated carbocycles. The molecule has 0 atom stereocenters. The van der Waals surface area contributed by atoms with E-state index in [9.17, 15) is 28.1 Å². The highest BCUT2D eigenvalue weighted by molar-refractivity contribution is 7.14. The molecule has 0 bridgehead atoms. The number of nitrogens with zero attached hydrogens (tertiary/aromatic N) is 4. The molecular formula is C21H20F3N5O3S. The van der Waals surface area contributed by atoms with E-state index >= 15 is 0 Å². The molecule has 1 heterocycles. The Kier molecular flexibility index (Phi) is 7.29. The number of anilines is 2. The van der Waals surface area contributed by atoms with Gasteiger partial charge in [0, 0.05) is 36.2 Å². The van der Waals surface area contributed by atoms with E-state index in [2.05, 4.69) is 10.3 Å². The lowest BCUT2D eigenvalue weighted by Gasteiger charge is -2.22. The van der Waals surface area contributed by atoms with E-state index < -0.39 is 22.7 Å². The van der Waals surface area contributed by atoms with E-state index in [0.717, 1.165) is 28.4 Å². The number of halogens is 3. The second kappa shape index (κ2) is 9.96. The minimum Gasteiger partial charge on any atom is -0.336 e. The van der Waals surface area contributed by atoms with Crippen molar-refractivity contribution in [1.82, 2.24) is 15.2 Å². The van der Waals surface area contributed by atoms with Crippen molar-refractivity contribution in [1.29, 1.82) is 0 Å². The van der Waals surface area contributed by atoms with E-state index in [1.807, 2.05) is 19.0 Å². The second-order valence-electron chi connectivity index (χ2n) is 7.24. The fraction of sp³-hybridized carbons (Fsp3) is 0.238. The number of hydrogen-bond donors (Lipinski definition) is 1. The molecule has 0 aliphatic rings. The number of alkyl halides is 3. The van der Waals surface area contributed by atoms with Crippen molar-refractivity contribution < 1.29 is 22.9 Å². The van der Waals surface area contributed by atoms with Gasteiger partial charge in [-0.25, -0.2) is 14.7 Å². The van der Waals surface area contributed by atoms with Gasteiger partial charge in [0.25, 0.3) is 5.69 Å². The molecule has 12 heteroatoms. The second-order valence-corrected chi connectivity index (χ2v) is 8.08. The largest absolute Gasteiger partial charge is 0.416 e. The van der Waals surface area contributed by atoms with E-state index in [0.29, 0.717) is 17.8 Å². The minimum atomic E-state index is -4.58. The number of thiazole rings is 1. The van der Waals surface area contributed by atoms with Crippen LogP contribution in [0.4, 0.5) is 34.5 Å². The van der Waals surface area contributed by atoms with Crippen molar-refractivity contribution in [3.8, 4) is 11.3 Å². The smallest absolute Gasteiger partial charge is 0.336 e. The van der Waals surface area contributed by atoms with Gasteiger partial charge in [-0.15, -0.1) is 11.3 Å². The predicted octanol–water partition coefficient (Wildman–Crippen LogP) is 5.15. The summed E-state index contributed by atoms with van der Waals surface area (Å²) in [5.74, 6) is 0. The molecule has 0 unspecified atom stereocenters. The first-order valence-electron chi connectivity index (χ1n) is 9.66. The Morgan fingerprint density at radius 1 is 1.18 bits per heavy atom. The minimum absolute atomic E-state index is 0.00730. The number of nitro benzene ring substituents is 1. The fourth-order valence-electron chi connectivity index (χ4n) is 2.88. The number of carbonyl (C=O) groups is 1. The van der Waals surface area contributed by atoms with Crippen LogP contribution in [0.3, 0.4) is 0 Å². The molecule has 0 radical (unpaired) electrons. The van der Waals surface area contributed by atoms with Crippen LogP contribution in [0, 0.1) is 10.1 Å². The first-order chi connectivity index (χ1) is 15.6. The van der Waals surface area contributed by atoms with Gasteiger partial charge in [0.2, 0.25) is 0 Å². The van der Waals surface area contributed by atoms with Gasteiger partial charge in [0.1, 0.15) is 0 Å². The number of amides is 2. The standard InChI is InChI=1S/C21H20F3N5O3S/c1-27(2)10-9-25-19(30)28(16-7-4-6-15(12-16)21(22,23)24)20-26-18(13-33-20)14-5-3-8-17(11-14)29(31)32/h3-8,11-13H,9-10H2,1-2H3,(H,25,30). The van der Waals surface area contributed by atoms with Crippen molar-refractivity contribution in [2.24, 2.45) is 0 Å². The average Bonchev–Trinajstić information content (AvgIpc) is 3.23. The summed E-state index contributed by atoms with van der Waals surface area (Å²) in [4.78, 5) is 30.8. The zero-order chi connectivity index (χ0) is 24.2. The van der Waals surface area contributed by atoms with Crippen LogP contribution in [0.1, 0.15) is 5.56 Å². The summed E-state index contributed by atoms with van der Waals surface area (Å²) < 4.78 is 39.8. The molecule has 0 aliphatic heterocycles. The Balaban J connectivity index is 1.99. The molecule has 174 valence electrons. The van der Waals surface area contributed by atoms with Crippen molar-refractivity contribution in [3.05, 3.63) is 69.6 Å². The lowest BCUT2D eigenvalue weighted by molar-refractivity contribution is -0.384. The highest BCUT2D eigenvalue weighted by Gasteiger charge is 2.32. The summed E-state index contributed by atoms with van der Waals surface area (Å²) in [6.45, 7) is 0.795. The number of likely N-dealkylation sites (N-methyl/N-ethyl adjacent to an activating group) is 1. The Morgan fingerprint density at radius 3 is 2.58 bits per heavy atom. The average molecular weight is 479 g/mol. The van der Waals surface area contributed by atoms with Gasteiger partial charge in [-0.3, -0.25) is 10.1 Å². The SMILES string of the molecule is CN(C)CCNC(=O)N(c1cccc(C(F)(F)F)c1)c1nc(-c2cccc([N+](=O)[O-])c2)cs1. The van der Waals surface area contributed by atoms with E-state index in [4.69, 9.17) is 0 Å². The lowest BCUT2D eigenvalue weighted by atomic mass is 10.1. The highest BCUT2D eigenvalue weighted by Crippen LogP contribution is 2.36. The first-order valence-corrected chi connectivity index (χ1v) is 10.5. The van der Waals surface area contributed by atoms with Crippen molar-refractivity contribution in [3.63, 3.8) is 0 Å². The van der Waals surface area contributed by atoms with Gasteiger partial charge in [-0.2, -0.15) is 13.2 Å². The number of hydrogen-bond acceptors (Lipinski definition) is 6. The predicted molar refractivity (Wildman–Crippen MR) is 120 cm³/mol. The van der Waals surface area contributed by atoms with E-state index in [1.165, 1.54) is 30.3 Å². The highest BCUT2D eigenvalue weighted by atomic mass is 32.1. The van der Waals surface area contributed by atoms with Gasteiger partial charge in [0.15, 0.2) is 5.13 Å². The van der Waals surface area contributed by atoms with Gasteiger partial charge in [-0.05, 0) is 32.3 Å². The van der Waals surface area contributed by atoms with Crippen LogP contribution < -0.4 is 10.2 Å². The number of benzene rings is 2. The summed E-state index contributed by atoms with van der Waals surface area (Å²) in [6, 6.07) is 9.55. The van der Waals surface area contributed by atoms with Crippen molar-refractivity contribution in [2.75, 3.05) is 32.1 Å². The molecule has 1 aromatic heterocycles. The summed E-state index contributed by atoms with van der Waals surface area (Å²) in [7, 11) is 3.64. The summed E-state index contributed by atoms with van der Waals surface area (Å²) in [5, 5.41) is 15.5. The Bertz CT molecular complexity index is 1150. The third-order valence-corrected chi connectivity index (χ3v) is 5.33. The topological polar surface area (TPSA) is 91.6 Å². The lowest BCUT2D eigenvalue weighted by Crippen LogP contribution is -2.40. The quantitative estimate of drug-likeness (QED) is 0.374. The third-order valence-electron chi connectivity index (χ3n) is 4.51. The van der Waals surface area contributed by atoms with Gasteiger partial charge in [-0.1, -0.05) is 18.2 Å². The first kappa shape index (κ1) is 24.1. The molecule has 8 nitrogen and oxygen atoms in total. The van der Waals surface area contributed by atoms with Crippen LogP contribution in [0.25, 0.3) is 11.3 Å². The zero-order valence-electron chi connectivity index (χ0n) is 17.7. The summed E-state index contributed by atoms with van der Waals surface area (Å²) in [6.07, 6.45) is -4.58. The van der Waals surface area contributed by atoms with Crippen molar-refractivity contribution in [2.45, 2.75) is 6.18 Å².